The molecule has 0 aliphatic carbocycles. The first-order valence-electron chi connectivity index (χ1n) is 5.61. The van der Waals surface area contributed by atoms with Gasteiger partial charge in [0.05, 0.1) is 12.8 Å². The fourth-order valence-electron chi connectivity index (χ4n) is 1.64. The molecule has 5 heteroatoms. The van der Waals surface area contributed by atoms with Crippen molar-refractivity contribution in [1.29, 1.82) is 0 Å². The third-order valence-corrected chi connectivity index (χ3v) is 4.35. The van der Waals surface area contributed by atoms with Crippen LogP contribution in [0.3, 0.4) is 0 Å². The van der Waals surface area contributed by atoms with Crippen molar-refractivity contribution in [3.8, 4) is 5.75 Å². The lowest BCUT2D eigenvalue weighted by Crippen LogP contribution is -2.01. The number of anilines is 1. The van der Waals surface area contributed by atoms with E-state index in [0.29, 0.717) is 6.54 Å². The number of hydrogen-bond donors (Lipinski definition) is 1. The Morgan fingerprint density at radius 2 is 1.84 bits per heavy atom. The normalized spacial score (nSPS) is 10.3. The minimum atomic E-state index is 0.674. The van der Waals surface area contributed by atoms with Crippen molar-refractivity contribution < 1.29 is 4.74 Å². The van der Waals surface area contributed by atoms with Gasteiger partial charge >= 0.3 is 0 Å². The van der Waals surface area contributed by atoms with Crippen LogP contribution in [-0.4, -0.2) is 7.11 Å². The molecule has 2 rings (SSSR count). The maximum Gasteiger partial charge on any atom is 0.121 e. The average molecular weight is 406 g/mol. The van der Waals surface area contributed by atoms with E-state index in [0.717, 1.165) is 31.0 Å². The van der Waals surface area contributed by atoms with Gasteiger partial charge in [-0.2, -0.15) is 0 Å². The molecule has 2 aromatic rings. The predicted octanol–water partition coefficient (Wildman–Crippen LogP) is 5.49. The van der Waals surface area contributed by atoms with Gasteiger partial charge in [0.1, 0.15) is 5.75 Å². The average Bonchev–Trinajstić information content (AvgIpc) is 2.41. The Bertz CT molecular complexity index is 590. The molecule has 1 N–H and O–H groups in total. The smallest absolute Gasteiger partial charge is 0.121 e. The molecule has 0 atom stereocenters. The van der Waals surface area contributed by atoms with Gasteiger partial charge in [-0.15, -0.1) is 0 Å². The van der Waals surface area contributed by atoms with Gasteiger partial charge in [-0.3, -0.25) is 0 Å². The molecule has 0 saturated heterocycles. The highest BCUT2D eigenvalue weighted by molar-refractivity contribution is 9.10. The molecule has 100 valence electrons. The Balaban J connectivity index is 2.16. The van der Waals surface area contributed by atoms with Crippen molar-refractivity contribution in [1.82, 2.24) is 0 Å². The van der Waals surface area contributed by atoms with E-state index >= 15 is 0 Å². The van der Waals surface area contributed by atoms with Crippen LogP contribution in [0.1, 0.15) is 5.56 Å². The van der Waals surface area contributed by atoms with Gasteiger partial charge in [0.15, 0.2) is 0 Å². The molecule has 0 fully saturated rings. The van der Waals surface area contributed by atoms with Crippen LogP contribution in [0, 0.1) is 0 Å². The van der Waals surface area contributed by atoms with Gasteiger partial charge in [0, 0.05) is 26.6 Å². The van der Waals surface area contributed by atoms with Gasteiger partial charge < -0.3 is 10.1 Å². The minimum Gasteiger partial charge on any atom is -0.497 e. The number of ether oxygens (including phenoxy) is 1. The van der Waals surface area contributed by atoms with Gasteiger partial charge in [0.25, 0.3) is 0 Å². The van der Waals surface area contributed by atoms with Crippen molar-refractivity contribution in [2.75, 3.05) is 12.4 Å². The number of halogens is 3. The fourth-order valence-corrected chi connectivity index (χ4v) is 2.60. The molecular weight excluding hydrogens is 393 g/mol. The Kier molecular flexibility index (Phi) is 5.13. The Morgan fingerprint density at radius 3 is 2.58 bits per heavy atom. The van der Waals surface area contributed by atoms with Crippen LogP contribution in [0.25, 0.3) is 0 Å². The van der Waals surface area contributed by atoms with Gasteiger partial charge in [-0.25, -0.2) is 0 Å². The van der Waals surface area contributed by atoms with E-state index in [2.05, 4.69) is 37.2 Å². The summed E-state index contributed by atoms with van der Waals surface area (Å²) < 4.78 is 7.24. The summed E-state index contributed by atoms with van der Waals surface area (Å²) in [6, 6.07) is 11.5. The van der Waals surface area contributed by atoms with E-state index in [4.69, 9.17) is 16.3 Å². The fraction of sp³-hybridized carbons (Fsp3) is 0.143. The zero-order valence-corrected chi connectivity index (χ0v) is 14.1. The summed E-state index contributed by atoms with van der Waals surface area (Å²) in [5, 5.41) is 4.08. The largest absolute Gasteiger partial charge is 0.497 e. The maximum absolute atomic E-state index is 6.00. The highest BCUT2D eigenvalue weighted by Gasteiger charge is 2.04. The molecule has 2 aromatic carbocycles. The summed E-state index contributed by atoms with van der Waals surface area (Å²) in [5.41, 5.74) is 2.08. The lowest BCUT2D eigenvalue weighted by atomic mass is 10.2. The second kappa shape index (κ2) is 6.64. The number of hydrogen-bond acceptors (Lipinski definition) is 2. The molecule has 0 aliphatic rings. The molecular formula is C14H12Br2ClNO. The first-order chi connectivity index (χ1) is 9.10. The SMILES string of the molecule is COc1ccc(Br)c(NCc2cc(Cl)ccc2Br)c1. The predicted molar refractivity (Wildman–Crippen MR) is 87.2 cm³/mol. The molecule has 0 bridgehead atoms. The van der Waals surface area contributed by atoms with Crippen LogP contribution in [0.15, 0.2) is 45.3 Å². The van der Waals surface area contributed by atoms with Crippen molar-refractivity contribution in [3.05, 3.63) is 55.9 Å². The number of rotatable bonds is 4. The molecule has 2 nitrogen and oxygen atoms in total. The third kappa shape index (κ3) is 3.88. The van der Waals surface area contributed by atoms with Crippen molar-refractivity contribution in [3.63, 3.8) is 0 Å². The number of benzene rings is 2. The zero-order chi connectivity index (χ0) is 13.8. The van der Waals surface area contributed by atoms with Crippen LogP contribution in [0.5, 0.6) is 5.75 Å². The van der Waals surface area contributed by atoms with E-state index in [1.807, 2.05) is 36.4 Å². The van der Waals surface area contributed by atoms with E-state index in [1.165, 1.54) is 0 Å². The van der Waals surface area contributed by atoms with Gasteiger partial charge in [-0.1, -0.05) is 27.5 Å². The molecule has 0 saturated carbocycles. The molecule has 0 aliphatic heterocycles. The highest BCUT2D eigenvalue weighted by atomic mass is 79.9. The van der Waals surface area contributed by atoms with Crippen molar-refractivity contribution in [2.45, 2.75) is 6.54 Å². The van der Waals surface area contributed by atoms with E-state index in [9.17, 15) is 0 Å². The summed E-state index contributed by atoms with van der Waals surface area (Å²) >= 11 is 13.0. The standard InChI is InChI=1S/C14H12Br2ClNO/c1-19-11-3-5-13(16)14(7-11)18-8-9-6-10(17)2-4-12(9)15/h2-7,18H,8H2,1H3. The summed E-state index contributed by atoms with van der Waals surface area (Å²) in [6.45, 7) is 0.674. The topological polar surface area (TPSA) is 21.3 Å². The van der Waals surface area contributed by atoms with Crippen molar-refractivity contribution in [2.24, 2.45) is 0 Å². The molecule has 0 radical (unpaired) electrons. The second-order valence-electron chi connectivity index (χ2n) is 3.94. The first kappa shape index (κ1) is 14.7. The minimum absolute atomic E-state index is 0.674. The monoisotopic (exact) mass is 403 g/mol. The molecule has 0 unspecified atom stereocenters. The second-order valence-corrected chi connectivity index (χ2v) is 6.08. The van der Waals surface area contributed by atoms with Crippen LogP contribution >= 0.6 is 43.5 Å². The van der Waals surface area contributed by atoms with E-state index in [-0.39, 0.29) is 0 Å². The van der Waals surface area contributed by atoms with Crippen LogP contribution in [-0.2, 0) is 6.54 Å². The third-order valence-electron chi connectivity index (χ3n) is 2.65. The maximum atomic E-state index is 6.00. The summed E-state index contributed by atoms with van der Waals surface area (Å²) in [7, 11) is 1.65. The molecule has 0 amide bonds. The summed E-state index contributed by atoms with van der Waals surface area (Å²) in [4.78, 5) is 0. The zero-order valence-electron chi connectivity index (χ0n) is 10.2. The quantitative estimate of drug-likeness (QED) is 0.727. The van der Waals surface area contributed by atoms with E-state index < -0.39 is 0 Å². The lowest BCUT2D eigenvalue weighted by Gasteiger charge is -2.11. The van der Waals surface area contributed by atoms with Gasteiger partial charge in [-0.05, 0) is 51.8 Å². The van der Waals surface area contributed by atoms with Crippen LogP contribution in [0.4, 0.5) is 5.69 Å². The molecule has 19 heavy (non-hydrogen) atoms. The van der Waals surface area contributed by atoms with Gasteiger partial charge in [0.2, 0.25) is 0 Å². The number of methoxy groups -OCH3 is 1. The highest BCUT2D eigenvalue weighted by Crippen LogP contribution is 2.28. The van der Waals surface area contributed by atoms with E-state index in [1.54, 1.807) is 7.11 Å². The van der Waals surface area contributed by atoms with Crippen molar-refractivity contribution >= 4 is 49.1 Å². The Labute approximate surface area is 134 Å². The Morgan fingerprint density at radius 1 is 1.11 bits per heavy atom. The summed E-state index contributed by atoms with van der Waals surface area (Å²) in [6.07, 6.45) is 0. The summed E-state index contributed by atoms with van der Waals surface area (Å²) in [5.74, 6) is 0.816. The first-order valence-corrected chi connectivity index (χ1v) is 7.58. The lowest BCUT2D eigenvalue weighted by molar-refractivity contribution is 0.415. The molecule has 0 aromatic heterocycles. The van der Waals surface area contributed by atoms with Crippen LogP contribution < -0.4 is 10.1 Å². The number of nitrogens with one attached hydrogen (secondary N) is 1. The molecule has 0 heterocycles. The molecule has 0 spiro atoms. The Hall–Kier alpha value is -0.710. The van der Waals surface area contributed by atoms with Crippen LogP contribution in [0.2, 0.25) is 5.02 Å².